The van der Waals surface area contributed by atoms with E-state index in [0.29, 0.717) is 0 Å². The molecule has 0 bridgehead atoms. The third kappa shape index (κ3) is 3.99. The fourth-order valence-corrected chi connectivity index (χ4v) is 1.93. The summed E-state index contributed by atoms with van der Waals surface area (Å²) in [7, 11) is -4.07. The van der Waals surface area contributed by atoms with Gasteiger partial charge in [0.2, 0.25) is 11.6 Å². The zero-order chi connectivity index (χ0) is 14.5. The summed E-state index contributed by atoms with van der Waals surface area (Å²) in [5.41, 5.74) is -0.300. The molecule has 0 spiro atoms. The average molecular weight is 283 g/mol. The van der Waals surface area contributed by atoms with Crippen LogP contribution in [0.15, 0.2) is 40.4 Å². The number of carbonyl (C=O) groups is 2. The molecule has 1 aromatic rings. The molecule has 1 rings (SSSR count). The Hall–Kier alpha value is -2.02. The van der Waals surface area contributed by atoms with Crippen molar-refractivity contribution in [3.05, 3.63) is 30.3 Å². The molecule has 0 heterocycles. The summed E-state index contributed by atoms with van der Waals surface area (Å²) >= 11 is 0. The van der Waals surface area contributed by atoms with Gasteiger partial charge in [0.25, 0.3) is 0 Å². The van der Waals surface area contributed by atoms with E-state index in [9.17, 15) is 18.0 Å². The van der Waals surface area contributed by atoms with E-state index in [2.05, 4.69) is 9.44 Å². The van der Waals surface area contributed by atoms with Crippen LogP contribution in [-0.2, 0) is 24.0 Å². The van der Waals surface area contributed by atoms with E-state index in [4.69, 9.17) is 0 Å². The molecule has 0 amide bonds. The van der Waals surface area contributed by atoms with Crippen LogP contribution in [0.1, 0.15) is 20.3 Å². The number of rotatable bonds is 6. The fourth-order valence-electron chi connectivity index (χ4n) is 1.14. The predicted molar refractivity (Wildman–Crippen MR) is 68.1 cm³/mol. The normalized spacial score (nSPS) is 12.0. The predicted octanol–water partition coefficient (Wildman–Crippen LogP) is 1.32. The Morgan fingerprint density at radius 1 is 1.21 bits per heavy atom. The highest BCUT2D eigenvalue weighted by Crippen LogP contribution is 2.11. The van der Waals surface area contributed by atoms with Crippen LogP contribution in [-0.4, -0.2) is 25.7 Å². The SMILES string of the molecule is CCC(=O)C(=O)C(C)=NOS(=O)(=O)c1ccccc1. The number of ketones is 2. The number of oxime groups is 1. The number of carbonyl (C=O) groups excluding carboxylic acids is 2. The molecule has 0 aliphatic carbocycles. The van der Waals surface area contributed by atoms with Gasteiger partial charge in [-0.15, -0.1) is 0 Å². The topological polar surface area (TPSA) is 89.9 Å². The first-order valence-corrected chi connectivity index (χ1v) is 6.90. The van der Waals surface area contributed by atoms with E-state index < -0.39 is 21.7 Å². The van der Waals surface area contributed by atoms with Crippen molar-refractivity contribution in [3.8, 4) is 0 Å². The van der Waals surface area contributed by atoms with E-state index >= 15 is 0 Å². The zero-order valence-electron chi connectivity index (χ0n) is 10.5. The Morgan fingerprint density at radius 3 is 2.32 bits per heavy atom. The first-order chi connectivity index (χ1) is 8.88. The minimum Gasteiger partial charge on any atom is -0.290 e. The summed E-state index contributed by atoms with van der Waals surface area (Å²) in [6, 6.07) is 7.37. The first kappa shape index (κ1) is 15.0. The van der Waals surface area contributed by atoms with E-state index in [1.165, 1.54) is 38.1 Å². The van der Waals surface area contributed by atoms with Gasteiger partial charge in [0, 0.05) is 6.42 Å². The highest BCUT2D eigenvalue weighted by atomic mass is 32.2. The van der Waals surface area contributed by atoms with Gasteiger partial charge in [-0.2, -0.15) is 8.42 Å². The van der Waals surface area contributed by atoms with Crippen LogP contribution in [0.4, 0.5) is 0 Å². The van der Waals surface area contributed by atoms with E-state index in [1.54, 1.807) is 6.07 Å². The Balaban J connectivity index is 2.87. The van der Waals surface area contributed by atoms with Gasteiger partial charge in [-0.05, 0) is 19.1 Å². The van der Waals surface area contributed by atoms with Crippen molar-refractivity contribution in [2.45, 2.75) is 25.2 Å². The quantitative estimate of drug-likeness (QED) is 0.446. The van der Waals surface area contributed by atoms with Gasteiger partial charge in [0.05, 0.1) is 0 Å². The summed E-state index contributed by atoms with van der Waals surface area (Å²) in [4.78, 5) is 22.4. The molecule has 0 aliphatic rings. The average Bonchev–Trinajstić information content (AvgIpc) is 2.44. The maximum absolute atomic E-state index is 11.7. The molecule has 0 aliphatic heterocycles. The fraction of sp³-hybridized carbons (Fsp3) is 0.250. The summed E-state index contributed by atoms with van der Waals surface area (Å²) in [5.74, 6) is -1.51. The lowest BCUT2D eigenvalue weighted by Gasteiger charge is -2.02. The second-order valence-corrected chi connectivity index (χ2v) is 5.15. The van der Waals surface area contributed by atoms with Crippen LogP contribution in [0.3, 0.4) is 0 Å². The van der Waals surface area contributed by atoms with Crippen molar-refractivity contribution in [1.29, 1.82) is 0 Å². The molecule has 102 valence electrons. The van der Waals surface area contributed by atoms with Gasteiger partial charge in [-0.25, -0.2) is 0 Å². The monoisotopic (exact) mass is 283 g/mol. The molecule has 0 fully saturated rings. The van der Waals surface area contributed by atoms with Crippen molar-refractivity contribution in [2.24, 2.45) is 5.16 Å². The zero-order valence-corrected chi connectivity index (χ0v) is 11.3. The lowest BCUT2D eigenvalue weighted by Crippen LogP contribution is -2.21. The van der Waals surface area contributed by atoms with Gasteiger partial charge < -0.3 is 0 Å². The molecule has 0 saturated carbocycles. The highest BCUT2D eigenvalue weighted by molar-refractivity contribution is 7.86. The second kappa shape index (κ2) is 6.24. The third-order valence-electron chi connectivity index (χ3n) is 2.21. The lowest BCUT2D eigenvalue weighted by atomic mass is 10.1. The van der Waals surface area contributed by atoms with Crippen LogP contribution < -0.4 is 0 Å². The smallest absolute Gasteiger partial charge is 0.290 e. The summed E-state index contributed by atoms with van der Waals surface area (Å²) < 4.78 is 27.7. The molecule has 19 heavy (non-hydrogen) atoms. The molecule has 0 saturated heterocycles. The standard InChI is InChI=1S/C12H13NO5S/c1-3-11(14)12(15)9(2)13-18-19(16,17)10-7-5-4-6-8-10/h4-8H,3H2,1-2H3. The minimum atomic E-state index is -4.07. The van der Waals surface area contributed by atoms with Crippen LogP contribution in [0.5, 0.6) is 0 Å². The molecule has 7 heteroatoms. The number of hydrogen-bond acceptors (Lipinski definition) is 6. The van der Waals surface area contributed by atoms with Crippen molar-refractivity contribution in [1.82, 2.24) is 0 Å². The number of hydrogen-bond donors (Lipinski definition) is 0. The van der Waals surface area contributed by atoms with Crippen molar-refractivity contribution in [2.75, 3.05) is 0 Å². The molecule has 0 unspecified atom stereocenters. The Bertz CT molecular complexity index is 604. The van der Waals surface area contributed by atoms with Gasteiger partial charge >= 0.3 is 10.1 Å². The molecular formula is C12H13NO5S. The van der Waals surface area contributed by atoms with E-state index in [1.807, 2.05) is 0 Å². The van der Waals surface area contributed by atoms with Crippen molar-refractivity contribution in [3.63, 3.8) is 0 Å². The summed E-state index contributed by atoms with van der Waals surface area (Å²) in [6.45, 7) is 2.74. The van der Waals surface area contributed by atoms with Gasteiger partial charge in [-0.1, -0.05) is 30.3 Å². The number of nitrogens with zero attached hydrogens (tertiary/aromatic N) is 1. The largest absolute Gasteiger partial charge is 0.358 e. The second-order valence-electron chi connectivity index (χ2n) is 3.62. The van der Waals surface area contributed by atoms with Crippen LogP contribution in [0.25, 0.3) is 0 Å². The first-order valence-electron chi connectivity index (χ1n) is 5.49. The Kier molecular flexibility index (Phi) is 4.94. The van der Waals surface area contributed by atoms with Crippen LogP contribution in [0.2, 0.25) is 0 Å². The highest BCUT2D eigenvalue weighted by Gasteiger charge is 2.19. The Labute approximate surface area is 111 Å². The third-order valence-corrected chi connectivity index (χ3v) is 3.33. The molecule has 0 N–H and O–H groups in total. The molecule has 1 aromatic carbocycles. The minimum absolute atomic E-state index is 0.0249. The molecular weight excluding hydrogens is 270 g/mol. The number of Topliss-reactive ketones (excluding diaryl/α,β-unsaturated/α-hetero) is 2. The van der Waals surface area contributed by atoms with Gasteiger partial charge in [-0.3, -0.25) is 13.9 Å². The molecule has 0 radical (unpaired) electrons. The summed E-state index contributed by atoms with van der Waals surface area (Å²) in [5, 5.41) is 3.20. The van der Waals surface area contributed by atoms with Gasteiger partial charge in [0.15, 0.2) is 0 Å². The Morgan fingerprint density at radius 2 is 1.79 bits per heavy atom. The number of benzene rings is 1. The molecule has 0 aromatic heterocycles. The van der Waals surface area contributed by atoms with E-state index in [0.717, 1.165) is 0 Å². The van der Waals surface area contributed by atoms with Crippen LogP contribution in [0, 0.1) is 0 Å². The lowest BCUT2D eigenvalue weighted by molar-refractivity contribution is -0.132. The maximum Gasteiger partial charge on any atom is 0.358 e. The molecule has 0 atom stereocenters. The van der Waals surface area contributed by atoms with Crippen LogP contribution >= 0.6 is 0 Å². The van der Waals surface area contributed by atoms with Crippen molar-refractivity contribution >= 4 is 27.4 Å². The summed E-state index contributed by atoms with van der Waals surface area (Å²) in [6.07, 6.45) is 0.0249. The maximum atomic E-state index is 11.7. The van der Waals surface area contributed by atoms with E-state index in [-0.39, 0.29) is 17.0 Å². The van der Waals surface area contributed by atoms with Gasteiger partial charge in [0.1, 0.15) is 10.6 Å². The molecule has 6 nitrogen and oxygen atoms in total. The van der Waals surface area contributed by atoms with Crippen molar-refractivity contribution < 1.29 is 22.3 Å².